The lowest BCUT2D eigenvalue weighted by Gasteiger charge is -2.10. The zero-order chi connectivity index (χ0) is 15.9. The number of carbonyl (C=O) groups excluding carboxylic acids is 2. The summed E-state index contributed by atoms with van der Waals surface area (Å²) in [5.74, 6) is -0.343. The van der Waals surface area contributed by atoms with Crippen molar-refractivity contribution in [3.63, 3.8) is 0 Å². The van der Waals surface area contributed by atoms with E-state index in [0.29, 0.717) is 6.42 Å². The molecule has 0 spiro atoms. The summed E-state index contributed by atoms with van der Waals surface area (Å²) in [6, 6.07) is 5.57. The maximum atomic E-state index is 11.8. The van der Waals surface area contributed by atoms with Gasteiger partial charge in [0, 0.05) is 23.2 Å². The average Bonchev–Trinajstić information content (AvgIpc) is 3.00. The molecule has 2 N–H and O–H groups in total. The van der Waals surface area contributed by atoms with Crippen LogP contribution in [0.25, 0.3) is 0 Å². The molecular formula is C16H21BrN2O3. The van der Waals surface area contributed by atoms with Crippen LogP contribution in [0.15, 0.2) is 22.7 Å². The van der Waals surface area contributed by atoms with Gasteiger partial charge in [0.15, 0.2) is 0 Å². The number of carbonyl (C=O) groups is 2. The number of amides is 2. The molecule has 1 fully saturated rings. The summed E-state index contributed by atoms with van der Waals surface area (Å²) in [6.07, 6.45) is 3.41. The monoisotopic (exact) mass is 368 g/mol. The third kappa shape index (κ3) is 5.42. The first-order chi connectivity index (χ1) is 10.5. The van der Waals surface area contributed by atoms with Crippen LogP contribution < -0.4 is 10.6 Å². The van der Waals surface area contributed by atoms with Crippen LogP contribution in [0.5, 0.6) is 0 Å². The van der Waals surface area contributed by atoms with Crippen molar-refractivity contribution in [2.45, 2.75) is 38.7 Å². The van der Waals surface area contributed by atoms with E-state index in [9.17, 15) is 9.59 Å². The maximum absolute atomic E-state index is 11.8. The van der Waals surface area contributed by atoms with Gasteiger partial charge in [-0.25, -0.2) is 0 Å². The summed E-state index contributed by atoms with van der Waals surface area (Å²) in [7, 11) is 0. The fraction of sp³-hybridized carbons (Fsp3) is 0.500. The van der Waals surface area contributed by atoms with Gasteiger partial charge < -0.3 is 15.4 Å². The summed E-state index contributed by atoms with van der Waals surface area (Å²) in [6.45, 7) is 2.73. The molecular weight excluding hydrogens is 348 g/mol. The van der Waals surface area contributed by atoms with Crippen LogP contribution in [0.1, 0.15) is 31.2 Å². The van der Waals surface area contributed by atoms with E-state index in [1.807, 2.05) is 25.1 Å². The standard InChI is InChI=1S/C16H21BrN2O3/c1-11-9-12(4-6-14(11)17)19-16(21)10-18-15(20)7-5-13-3-2-8-22-13/h4,6,9,13H,2-3,5,7-8,10H2,1H3,(H,18,20)(H,19,21)/t13-/m1/s1. The molecule has 5 nitrogen and oxygen atoms in total. The Bertz CT molecular complexity index is 542. The molecule has 1 saturated heterocycles. The summed E-state index contributed by atoms with van der Waals surface area (Å²) in [5, 5.41) is 5.40. The number of ether oxygens (including phenoxy) is 1. The Hall–Kier alpha value is -1.40. The van der Waals surface area contributed by atoms with Gasteiger partial charge in [-0.1, -0.05) is 15.9 Å². The first kappa shape index (κ1) is 17.0. The zero-order valence-corrected chi connectivity index (χ0v) is 14.2. The second-order valence-electron chi connectivity index (χ2n) is 5.46. The number of hydrogen-bond donors (Lipinski definition) is 2. The fourth-order valence-electron chi connectivity index (χ4n) is 2.36. The van der Waals surface area contributed by atoms with Gasteiger partial charge in [-0.2, -0.15) is 0 Å². The molecule has 0 unspecified atom stereocenters. The van der Waals surface area contributed by atoms with E-state index in [4.69, 9.17) is 4.74 Å². The van der Waals surface area contributed by atoms with E-state index < -0.39 is 0 Å². The minimum absolute atomic E-state index is 0.0144. The van der Waals surface area contributed by atoms with Gasteiger partial charge in [-0.15, -0.1) is 0 Å². The van der Waals surface area contributed by atoms with Gasteiger partial charge >= 0.3 is 0 Å². The molecule has 6 heteroatoms. The Morgan fingerprint density at radius 2 is 2.18 bits per heavy atom. The highest BCUT2D eigenvalue weighted by Crippen LogP contribution is 2.20. The highest BCUT2D eigenvalue weighted by Gasteiger charge is 2.16. The van der Waals surface area contributed by atoms with Crippen LogP contribution >= 0.6 is 15.9 Å². The Morgan fingerprint density at radius 1 is 1.36 bits per heavy atom. The van der Waals surface area contributed by atoms with E-state index in [1.165, 1.54) is 0 Å². The van der Waals surface area contributed by atoms with Crippen LogP contribution in [0.3, 0.4) is 0 Å². The fourth-order valence-corrected chi connectivity index (χ4v) is 2.61. The molecule has 1 atom stereocenters. The lowest BCUT2D eigenvalue weighted by atomic mass is 10.1. The molecule has 2 amide bonds. The summed E-state index contributed by atoms with van der Waals surface area (Å²) >= 11 is 3.41. The SMILES string of the molecule is Cc1cc(NC(=O)CNC(=O)CC[C@H]2CCCO2)ccc1Br. The van der Waals surface area contributed by atoms with E-state index in [2.05, 4.69) is 26.6 Å². The van der Waals surface area contributed by atoms with Gasteiger partial charge in [-0.3, -0.25) is 9.59 Å². The van der Waals surface area contributed by atoms with Crippen molar-refractivity contribution in [1.82, 2.24) is 5.32 Å². The molecule has 1 aromatic rings. The lowest BCUT2D eigenvalue weighted by Crippen LogP contribution is -2.33. The molecule has 1 aliphatic heterocycles. The van der Waals surface area contributed by atoms with Crippen molar-refractivity contribution in [1.29, 1.82) is 0 Å². The first-order valence-electron chi connectivity index (χ1n) is 7.49. The number of anilines is 1. The molecule has 22 heavy (non-hydrogen) atoms. The van der Waals surface area contributed by atoms with Crippen LogP contribution in [0.4, 0.5) is 5.69 Å². The molecule has 1 aromatic carbocycles. The molecule has 1 heterocycles. The number of hydrogen-bond acceptors (Lipinski definition) is 3. The average molecular weight is 369 g/mol. The van der Waals surface area contributed by atoms with E-state index in [-0.39, 0.29) is 24.5 Å². The third-order valence-corrected chi connectivity index (χ3v) is 4.49. The molecule has 1 aliphatic rings. The number of rotatable bonds is 6. The highest BCUT2D eigenvalue weighted by molar-refractivity contribution is 9.10. The van der Waals surface area contributed by atoms with Crippen molar-refractivity contribution >= 4 is 33.4 Å². The van der Waals surface area contributed by atoms with Gasteiger partial charge in [0.2, 0.25) is 11.8 Å². The normalized spacial score (nSPS) is 17.3. The highest BCUT2D eigenvalue weighted by atomic mass is 79.9. The Balaban J connectivity index is 1.68. The molecule has 0 saturated carbocycles. The van der Waals surface area contributed by atoms with Crippen molar-refractivity contribution in [2.75, 3.05) is 18.5 Å². The second-order valence-corrected chi connectivity index (χ2v) is 6.32. The van der Waals surface area contributed by atoms with Crippen LogP contribution in [0, 0.1) is 6.92 Å². The third-order valence-electron chi connectivity index (χ3n) is 3.61. The lowest BCUT2D eigenvalue weighted by molar-refractivity contribution is -0.124. The van der Waals surface area contributed by atoms with Crippen LogP contribution in [0.2, 0.25) is 0 Å². The van der Waals surface area contributed by atoms with E-state index in [0.717, 1.165) is 41.6 Å². The predicted octanol–water partition coefficient (Wildman–Crippen LogP) is 2.77. The molecule has 0 aromatic heterocycles. The van der Waals surface area contributed by atoms with Crippen LogP contribution in [-0.4, -0.2) is 31.1 Å². The van der Waals surface area contributed by atoms with Crippen molar-refractivity contribution in [2.24, 2.45) is 0 Å². The van der Waals surface area contributed by atoms with Gasteiger partial charge in [0.25, 0.3) is 0 Å². The van der Waals surface area contributed by atoms with Gasteiger partial charge in [0.05, 0.1) is 12.6 Å². The van der Waals surface area contributed by atoms with Crippen LogP contribution in [-0.2, 0) is 14.3 Å². The Kier molecular flexibility index (Phi) is 6.39. The quantitative estimate of drug-likeness (QED) is 0.810. The molecule has 0 radical (unpaired) electrons. The maximum Gasteiger partial charge on any atom is 0.243 e. The van der Waals surface area contributed by atoms with E-state index >= 15 is 0 Å². The molecule has 0 aliphatic carbocycles. The minimum atomic E-state index is -0.229. The molecule has 120 valence electrons. The largest absolute Gasteiger partial charge is 0.378 e. The summed E-state index contributed by atoms with van der Waals surface area (Å²) in [4.78, 5) is 23.5. The second kappa shape index (κ2) is 8.29. The minimum Gasteiger partial charge on any atom is -0.378 e. The molecule has 2 rings (SSSR count). The number of aryl methyl sites for hydroxylation is 1. The van der Waals surface area contributed by atoms with Crippen molar-refractivity contribution in [3.05, 3.63) is 28.2 Å². The topological polar surface area (TPSA) is 67.4 Å². The number of nitrogens with one attached hydrogen (secondary N) is 2. The Morgan fingerprint density at radius 3 is 2.86 bits per heavy atom. The smallest absolute Gasteiger partial charge is 0.243 e. The van der Waals surface area contributed by atoms with Crippen molar-refractivity contribution in [3.8, 4) is 0 Å². The van der Waals surface area contributed by atoms with E-state index in [1.54, 1.807) is 0 Å². The van der Waals surface area contributed by atoms with Gasteiger partial charge in [0.1, 0.15) is 0 Å². The molecule has 0 bridgehead atoms. The predicted molar refractivity (Wildman–Crippen MR) is 88.7 cm³/mol. The first-order valence-corrected chi connectivity index (χ1v) is 8.28. The Labute approximate surface area is 138 Å². The summed E-state index contributed by atoms with van der Waals surface area (Å²) in [5.41, 5.74) is 1.76. The van der Waals surface area contributed by atoms with Gasteiger partial charge in [-0.05, 0) is 49.9 Å². The zero-order valence-electron chi connectivity index (χ0n) is 12.7. The number of halogens is 1. The van der Waals surface area contributed by atoms with Crippen molar-refractivity contribution < 1.29 is 14.3 Å². The summed E-state index contributed by atoms with van der Waals surface area (Å²) < 4.78 is 6.46. The number of benzene rings is 1.